The molecule has 2 rings (SSSR count). The van der Waals surface area contributed by atoms with Gasteiger partial charge in [0.05, 0.1) is 17.7 Å². The summed E-state index contributed by atoms with van der Waals surface area (Å²) in [4.78, 5) is 25.4. The van der Waals surface area contributed by atoms with Crippen LogP contribution in [0.4, 0.5) is 26.3 Å². The van der Waals surface area contributed by atoms with E-state index in [9.17, 15) is 35.9 Å². The highest BCUT2D eigenvalue weighted by Gasteiger charge is 2.45. The molecule has 0 saturated carbocycles. The van der Waals surface area contributed by atoms with Crippen molar-refractivity contribution < 1.29 is 45.2 Å². The van der Waals surface area contributed by atoms with Crippen LogP contribution < -0.4 is 0 Å². The molecule has 168 valence electrons. The smallest absolute Gasteiger partial charge is 0.417 e. The molecular weight excluding hydrogens is 449 g/mol. The van der Waals surface area contributed by atoms with Crippen molar-refractivity contribution in [3.63, 3.8) is 0 Å². The minimum atomic E-state index is -5.24. The van der Waals surface area contributed by atoms with Crippen molar-refractivity contribution in [2.75, 3.05) is 6.61 Å². The number of carbonyl (C=O) groups excluding carboxylic acids is 2. The lowest BCUT2D eigenvalue weighted by Gasteiger charge is -2.21. The minimum absolute atomic E-state index is 0.0660. The van der Waals surface area contributed by atoms with Crippen LogP contribution in [0, 0.1) is 0 Å². The molecule has 0 radical (unpaired) electrons. The molecule has 0 amide bonds. The van der Waals surface area contributed by atoms with Crippen LogP contribution in [0.2, 0.25) is 0 Å². The molecule has 0 saturated heterocycles. The predicted octanol–water partition coefficient (Wildman–Crippen LogP) is 5.85. The van der Waals surface area contributed by atoms with E-state index in [0.717, 1.165) is 0 Å². The maximum absolute atomic E-state index is 13.4. The molecule has 2 aromatic rings. The first-order valence-electron chi connectivity index (χ1n) is 8.75. The fraction of sp³-hybridized carbons (Fsp3) is 0.300. The Hall–Kier alpha value is -2.74. The van der Waals surface area contributed by atoms with Crippen molar-refractivity contribution in [3.05, 3.63) is 70.8 Å². The van der Waals surface area contributed by atoms with Gasteiger partial charge in [0.25, 0.3) is 0 Å². The summed E-state index contributed by atoms with van der Waals surface area (Å²) < 4.78 is 93.5. The molecule has 0 spiro atoms. The normalized spacial score (nSPS) is 12.4. The number of carbonyl (C=O) groups is 2. The van der Waals surface area contributed by atoms with E-state index in [1.807, 2.05) is 0 Å². The number of hydrogen-bond donors (Lipinski definition) is 0. The highest BCUT2D eigenvalue weighted by atomic mass is 31.0. The Labute approximate surface area is 175 Å². The van der Waals surface area contributed by atoms with E-state index < -0.39 is 46.7 Å². The molecule has 0 aliphatic heterocycles. The van der Waals surface area contributed by atoms with Crippen LogP contribution in [0.3, 0.4) is 0 Å². The van der Waals surface area contributed by atoms with E-state index in [0.29, 0.717) is 24.6 Å². The van der Waals surface area contributed by atoms with E-state index in [2.05, 4.69) is 0 Å². The van der Waals surface area contributed by atoms with E-state index in [4.69, 9.17) is 9.30 Å². The summed E-state index contributed by atoms with van der Waals surface area (Å²) in [6.45, 7) is 1.51. The fourth-order valence-electron chi connectivity index (χ4n) is 2.76. The third kappa shape index (κ3) is 6.62. The predicted molar refractivity (Wildman–Crippen MR) is 102 cm³/mol. The Kier molecular flexibility index (Phi) is 9.37. The molecule has 2 aromatic carbocycles. The van der Waals surface area contributed by atoms with Gasteiger partial charge in [0.15, 0.2) is 5.78 Å². The van der Waals surface area contributed by atoms with Gasteiger partial charge in [-0.15, -0.1) is 0 Å². The highest BCUT2D eigenvalue weighted by Crippen LogP contribution is 2.41. The number of esters is 1. The molecule has 0 aromatic heterocycles. The van der Waals surface area contributed by atoms with Crippen LogP contribution in [-0.4, -0.2) is 18.4 Å². The van der Waals surface area contributed by atoms with Crippen molar-refractivity contribution in [1.29, 1.82) is 0 Å². The molecule has 0 heterocycles. The Morgan fingerprint density at radius 2 is 1.35 bits per heavy atom. The fourth-order valence-corrected chi connectivity index (χ4v) is 2.76. The Morgan fingerprint density at radius 1 is 0.871 bits per heavy atom. The van der Waals surface area contributed by atoms with Gasteiger partial charge in [-0.25, -0.2) is 0 Å². The maximum atomic E-state index is 13.4. The van der Waals surface area contributed by atoms with Crippen LogP contribution in [0.1, 0.15) is 46.3 Å². The average molecular weight is 467 g/mol. The highest BCUT2D eigenvalue weighted by molar-refractivity contribution is 7.00. The molecule has 31 heavy (non-hydrogen) atoms. The van der Waals surface area contributed by atoms with Gasteiger partial charge >= 0.3 is 27.4 Å². The number of ether oxygens (including phenoxy) is 1. The second kappa shape index (κ2) is 11.0. The van der Waals surface area contributed by atoms with Crippen LogP contribution in [0.15, 0.2) is 48.5 Å². The summed E-state index contributed by atoms with van der Waals surface area (Å²) in [6.07, 6.45) is -10.1. The average Bonchev–Trinajstić information content (AvgIpc) is 2.72. The van der Waals surface area contributed by atoms with Gasteiger partial charge in [0, 0.05) is 5.56 Å². The number of rotatable bonds is 6. The topological polar surface area (TPSA) is 60.4 Å². The van der Waals surface area contributed by atoms with Crippen LogP contribution in [-0.2, 0) is 26.4 Å². The van der Waals surface area contributed by atoms with E-state index in [-0.39, 0.29) is 12.2 Å². The lowest BCUT2D eigenvalue weighted by atomic mass is 9.85. The molecule has 0 N–H and O–H groups in total. The lowest BCUT2D eigenvalue weighted by Crippen LogP contribution is -2.29. The van der Waals surface area contributed by atoms with Crippen molar-refractivity contribution in [1.82, 2.24) is 0 Å². The second-order valence-electron chi connectivity index (χ2n) is 6.10. The number of Topliss-reactive ketones (excluding diaryl/α,β-unsaturated/α-hetero) is 1. The molecule has 2 unspecified atom stereocenters. The first-order chi connectivity index (χ1) is 14.5. The first-order valence-corrected chi connectivity index (χ1v) is 9.22. The van der Waals surface area contributed by atoms with Gasteiger partial charge < -0.3 is 4.74 Å². The van der Waals surface area contributed by atoms with Crippen molar-refractivity contribution in [3.8, 4) is 0 Å². The second-order valence-corrected chi connectivity index (χ2v) is 6.10. The number of hydrogen-bond acceptors (Lipinski definition) is 4. The molecule has 11 heteroatoms. The Morgan fingerprint density at radius 3 is 1.77 bits per heavy atom. The Bertz CT molecular complexity index is 865. The number of halogens is 6. The van der Waals surface area contributed by atoms with Crippen molar-refractivity contribution >= 4 is 20.9 Å². The Balaban J connectivity index is 0.00000233. The number of ketones is 1. The number of benzene rings is 2. The van der Waals surface area contributed by atoms with Crippen molar-refractivity contribution in [2.24, 2.45) is 0 Å². The standard InChI is InChI=1S/C20H16F6O3.H2OP/c1-2-11-29-18(28)15(12-7-4-3-5-8-12)17(27)16-13(19(21,22)23)9-6-10-14(16)20(24,25)26;1-2/h3-10,15H,2,11H2,1H3;2H2/q;+1. The summed E-state index contributed by atoms with van der Waals surface area (Å²) >= 11 is 0. The van der Waals surface area contributed by atoms with Gasteiger partial charge in [-0.2, -0.15) is 26.3 Å². The zero-order valence-corrected chi connectivity index (χ0v) is 17.2. The molecule has 2 atom stereocenters. The molecule has 4 nitrogen and oxygen atoms in total. The summed E-state index contributed by atoms with van der Waals surface area (Å²) in [6, 6.07) is 8.18. The zero-order valence-electron chi connectivity index (χ0n) is 16.1. The molecule has 0 fully saturated rings. The van der Waals surface area contributed by atoms with E-state index in [1.54, 1.807) is 6.92 Å². The summed E-state index contributed by atoms with van der Waals surface area (Å²) in [5, 5.41) is 0. The lowest BCUT2D eigenvalue weighted by molar-refractivity contribution is -0.146. The summed E-state index contributed by atoms with van der Waals surface area (Å²) in [5.74, 6) is -4.81. The number of alkyl halides is 6. The monoisotopic (exact) mass is 467 g/mol. The van der Waals surface area contributed by atoms with Crippen LogP contribution >= 0.6 is 9.12 Å². The minimum Gasteiger partial charge on any atom is -0.465 e. The van der Waals surface area contributed by atoms with Gasteiger partial charge in [-0.1, -0.05) is 47.9 Å². The third-order valence-electron chi connectivity index (χ3n) is 4.00. The molecular formula is C20H18F6O4P+. The van der Waals surface area contributed by atoms with Crippen molar-refractivity contribution in [2.45, 2.75) is 31.6 Å². The van der Waals surface area contributed by atoms with Gasteiger partial charge in [-0.3, -0.25) is 9.59 Å². The van der Waals surface area contributed by atoms with Gasteiger partial charge in [0.1, 0.15) is 5.92 Å². The summed E-state index contributed by atoms with van der Waals surface area (Å²) in [7, 11) is 1.17. The molecule has 0 aliphatic rings. The molecule has 0 aliphatic carbocycles. The van der Waals surface area contributed by atoms with Crippen LogP contribution in [0.5, 0.6) is 0 Å². The van der Waals surface area contributed by atoms with Crippen LogP contribution in [0.25, 0.3) is 0 Å². The van der Waals surface area contributed by atoms with Gasteiger partial charge in [-0.05, 0) is 24.1 Å². The quantitative estimate of drug-likeness (QED) is 0.176. The third-order valence-corrected chi connectivity index (χ3v) is 4.00. The largest absolute Gasteiger partial charge is 0.465 e. The zero-order chi connectivity index (χ0) is 23.8. The molecule has 0 bridgehead atoms. The van der Waals surface area contributed by atoms with E-state index in [1.165, 1.54) is 39.5 Å². The van der Waals surface area contributed by atoms with E-state index >= 15 is 0 Å². The maximum Gasteiger partial charge on any atom is 0.417 e. The SMILES string of the molecule is CCCOC(=O)C(C(=O)c1c(C(F)(F)F)cccc1C(F)(F)F)c1ccccc1.O=[PH2+]. The van der Waals surface area contributed by atoms with Gasteiger partial charge in [0.2, 0.25) is 0 Å². The summed E-state index contributed by atoms with van der Waals surface area (Å²) in [5.41, 5.74) is -5.19. The first kappa shape index (κ1) is 26.3.